The number of ketones is 1. The van der Waals surface area contributed by atoms with Crippen LogP contribution in [-0.4, -0.2) is 5.78 Å². The number of allylic oxidation sites excluding steroid dienone is 2. The summed E-state index contributed by atoms with van der Waals surface area (Å²) in [5.74, 6) is 0.196. The fourth-order valence-electron chi connectivity index (χ4n) is 3.80. The Balaban J connectivity index is 1.84. The predicted molar refractivity (Wildman–Crippen MR) is 81.4 cm³/mol. The molecule has 0 aliphatic heterocycles. The first kappa shape index (κ1) is 13.1. The summed E-state index contributed by atoms with van der Waals surface area (Å²) >= 11 is 3.57. The first-order valence-electron chi connectivity index (χ1n) is 7.08. The number of hydrogen-bond donors (Lipinski definition) is 0. The molecule has 2 aliphatic carbocycles. The van der Waals surface area contributed by atoms with Crippen LogP contribution in [0.25, 0.3) is 0 Å². The Bertz CT molecular complexity index is 546. The molecule has 0 bridgehead atoms. The van der Waals surface area contributed by atoms with Crippen molar-refractivity contribution in [3.63, 3.8) is 0 Å². The summed E-state index contributed by atoms with van der Waals surface area (Å²) < 4.78 is 1.19. The molecule has 1 spiro atoms. The monoisotopic (exact) mass is 318 g/mol. The fourth-order valence-corrected chi connectivity index (χ4v) is 4.20. The van der Waals surface area contributed by atoms with Gasteiger partial charge in [0, 0.05) is 4.47 Å². The van der Waals surface area contributed by atoms with Gasteiger partial charge < -0.3 is 0 Å². The van der Waals surface area contributed by atoms with Crippen LogP contribution in [0.5, 0.6) is 0 Å². The molecule has 1 saturated carbocycles. The van der Waals surface area contributed by atoms with Crippen LogP contribution in [-0.2, 0) is 16.6 Å². The summed E-state index contributed by atoms with van der Waals surface area (Å²) in [6, 6.07) is 6.77. The Labute approximate surface area is 123 Å². The standard InChI is InChI=1S/C17H19BrO/c1-12(19)10-13-4-7-17(8-5-13)9-6-14-11-15(18)2-3-16(14)17/h2-3,10-11H,4-9H2,1H3. The van der Waals surface area contributed by atoms with Gasteiger partial charge in [-0.1, -0.05) is 27.6 Å². The number of hydrogen-bond acceptors (Lipinski definition) is 1. The van der Waals surface area contributed by atoms with Crippen LogP contribution < -0.4 is 0 Å². The number of fused-ring (bicyclic) bond motifs is 2. The van der Waals surface area contributed by atoms with Crippen molar-refractivity contribution in [3.05, 3.63) is 45.4 Å². The minimum absolute atomic E-state index is 0.196. The van der Waals surface area contributed by atoms with Crippen LogP contribution >= 0.6 is 15.9 Å². The van der Waals surface area contributed by atoms with E-state index in [9.17, 15) is 4.79 Å². The molecule has 0 radical (unpaired) electrons. The van der Waals surface area contributed by atoms with Crippen LogP contribution in [0.3, 0.4) is 0 Å². The zero-order chi connectivity index (χ0) is 13.5. The lowest BCUT2D eigenvalue weighted by Gasteiger charge is -2.35. The van der Waals surface area contributed by atoms with Crippen molar-refractivity contribution in [2.75, 3.05) is 0 Å². The first-order valence-corrected chi connectivity index (χ1v) is 7.87. The van der Waals surface area contributed by atoms with Crippen LogP contribution in [0.4, 0.5) is 0 Å². The smallest absolute Gasteiger partial charge is 0.152 e. The largest absolute Gasteiger partial charge is 0.295 e. The normalized spacial score (nSPS) is 25.5. The zero-order valence-corrected chi connectivity index (χ0v) is 12.9. The van der Waals surface area contributed by atoms with E-state index in [1.54, 1.807) is 12.5 Å². The highest BCUT2D eigenvalue weighted by Gasteiger charge is 2.40. The highest BCUT2D eigenvalue weighted by atomic mass is 79.9. The molecule has 1 aromatic carbocycles. The van der Waals surface area contributed by atoms with Crippen molar-refractivity contribution in [2.24, 2.45) is 0 Å². The van der Waals surface area contributed by atoms with Gasteiger partial charge in [0.2, 0.25) is 0 Å². The van der Waals surface area contributed by atoms with Crippen LogP contribution in [0, 0.1) is 0 Å². The van der Waals surface area contributed by atoms with Gasteiger partial charge in [0.1, 0.15) is 0 Å². The number of benzene rings is 1. The third kappa shape index (κ3) is 2.43. The molecular weight excluding hydrogens is 300 g/mol. The quantitative estimate of drug-likeness (QED) is 0.684. The van der Waals surface area contributed by atoms with Crippen molar-refractivity contribution in [2.45, 2.75) is 50.9 Å². The van der Waals surface area contributed by atoms with E-state index in [0.29, 0.717) is 5.41 Å². The molecule has 100 valence electrons. The van der Waals surface area contributed by atoms with Gasteiger partial charge in [-0.3, -0.25) is 4.79 Å². The predicted octanol–water partition coefficient (Wildman–Crippen LogP) is 4.72. The highest BCUT2D eigenvalue weighted by molar-refractivity contribution is 9.10. The maximum atomic E-state index is 11.2. The highest BCUT2D eigenvalue weighted by Crippen LogP contribution is 2.50. The number of halogens is 1. The van der Waals surface area contributed by atoms with Gasteiger partial charge >= 0.3 is 0 Å². The van der Waals surface area contributed by atoms with E-state index in [0.717, 1.165) is 12.8 Å². The van der Waals surface area contributed by atoms with Gasteiger partial charge in [-0.05, 0) is 80.2 Å². The molecule has 0 heterocycles. The summed E-state index contributed by atoms with van der Waals surface area (Å²) in [4.78, 5) is 11.2. The molecule has 1 aromatic rings. The molecule has 1 nitrogen and oxygen atoms in total. The second-order valence-corrected chi connectivity index (χ2v) is 6.91. The Hall–Kier alpha value is -0.890. The van der Waals surface area contributed by atoms with Crippen LogP contribution in [0.2, 0.25) is 0 Å². The molecule has 1 fully saturated rings. The molecule has 0 atom stereocenters. The number of carbonyl (C=O) groups is 1. The van der Waals surface area contributed by atoms with Crippen LogP contribution in [0.1, 0.15) is 50.2 Å². The van der Waals surface area contributed by atoms with Crippen molar-refractivity contribution >= 4 is 21.7 Å². The van der Waals surface area contributed by atoms with E-state index in [1.165, 1.54) is 41.3 Å². The molecule has 2 aliphatic rings. The average Bonchev–Trinajstić information content (AvgIpc) is 2.70. The molecule has 0 unspecified atom stereocenters. The molecule has 0 saturated heterocycles. The molecule has 0 amide bonds. The maximum absolute atomic E-state index is 11.2. The summed E-state index contributed by atoms with van der Waals surface area (Å²) in [6.45, 7) is 1.65. The van der Waals surface area contributed by atoms with Crippen molar-refractivity contribution in [3.8, 4) is 0 Å². The third-order valence-electron chi connectivity index (χ3n) is 4.77. The lowest BCUT2D eigenvalue weighted by molar-refractivity contribution is -0.112. The van der Waals surface area contributed by atoms with Gasteiger partial charge in [-0.15, -0.1) is 0 Å². The van der Waals surface area contributed by atoms with Crippen molar-refractivity contribution < 1.29 is 4.79 Å². The van der Waals surface area contributed by atoms with Crippen molar-refractivity contribution in [1.29, 1.82) is 0 Å². The number of carbonyl (C=O) groups excluding carboxylic acids is 1. The lowest BCUT2D eigenvalue weighted by atomic mass is 9.69. The van der Waals surface area contributed by atoms with Gasteiger partial charge in [-0.25, -0.2) is 0 Å². The summed E-state index contributed by atoms with van der Waals surface area (Å²) in [7, 11) is 0. The van der Waals surface area contributed by atoms with Gasteiger partial charge in [0.15, 0.2) is 5.78 Å². The molecule has 19 heavy (non-hydrogen) atoms. The summed E-state index contributed by atoms with van der Waals surface area (Å²) in [5, 5.41) is 0. The summed E-state index contributed by atoms with van der Waals surface area (Å²) in [6.07, 6.45) is 8.95. The van der Waals surface area contributed by atoms with E-state index in [2.05, 4.69) is 34.1 Å². The Kier molecular flexibility index (Phi) is 3.38. The fraction of sp³-hybridized carbons (Fsp3) is 0.471. The molecule has 0 aromatic heterocycles. The lowest BCUT2D eigenvalue weighted by Crippen LogP contribution is -2.27. The van der Waals surface area contributed by atoms with E-state index < -0.39 is 0 Å². The van der Waals surface area contributed by atoms with Crippen molar-refractivity contribution in [1.82, 2.24) is 0 Å². The first-order chi connectivity index (χ1) is 9.09. The van der Waals surface area contributed by atoms with Gasteiger partial charge in [0.25, 0.3) is 0 Å². The molecule has 3 rings (SSSR count). The Morgan fingerprint density at radius 2 is 1.89 bits per heavy atom. The van der Waals surface area contributed by atoms with E-state index in [1.807, 2.05) is 6.08 Å². The van der Waals surface area contributed by atoms with Gasteiger partial charge in [0.05, 0.1) is 0 Å². The molecule has 2 heteroatoms. The Morgan fingerprint density at radius 1 is 1.21 bits per heavy atom. The van der Waals surface area contributed by atoms with Gasteiger partial charge in [-0.2, -0.15) is 0 Å². The Morgan fingerprint density at radius 3 is 2.58 bits per heavy atom. The number of aryl methyl sites for hydroxylation is 1. The summed E-state index contributed by atoms with van der Waals surface area (Å²) in [5.41, 5.74) is 4.83. The number of rotatable bonds is 1. The topological polar surface area (TPSA) is 17.1 Å². The zero-order valence-electron chi connectivity index (χ0n) is 11.3. The second-order valence-electron chi connectivity index (χ2n) is 6.00. The van der Waals surface area contributed by atoms with Crippen LogP contribution in [0.15, 0.2) is 34.3 Å². The molecule has 0 N–H and O–H groups in total. The SMILES string of the molecule is CC(=O)C=C1CCC2(CC1)CCc1cc(Br)ccc12. The minimum Gasteiger partial charge on any atom is -0.295 e. The van der Waals surface area contributed by atoms with E-state index in [-0.39, 0.29) is 5.78 Å². The maximum Gasteiger partial charge on any atom is 0.152 e. The molecular formula is C17H19BrO. The van der Waals surface area contributed by atoms with E-state index in [4.69, 9.17) is 0 Å². The van der Waals surface area contributed by atoms with E-state index >= 15 is 0 Å². The second kappa shape index (κ2) is 4.90. The average molecular weight is 319 g/mol. The minimum atomic E-state index is 0.196. The third-order valence-corrected chi connectivity index (χ3v) is 5.26.